The first-order chi connectivity index (χ1) is 7.15. The average Bonchev–Trinajstić information content (AvgIpc) is 2.18. The fraction of sp³-hybridized carbons (Fsp3) is 0.444. The van der Waals surface area contributed by atoms with Gasteiger partial charge in [-0.15, -0.1) is 0 Å². The number of likely N-dealkylation sites (N-methyl/N-ethyl adjacent to an activating group) is 1. The lowest BCUT2D eigenvalue weighted by atomic mass is 10.5. The van der Waals surface area contributed by atoms with E-state index in [1.54, 1.807) is 14.0 Å². The third-order valence-electron chi connectivity index (χ3n) is 1.72. The zero-order valence-corrected chi connectivity index (χ0v) is 8.69. The van der Waals surface area contributed by atoms with Crippen molar-refractivity contribution in [1.29, 1.82) is 0 Å². The van der Waals surface area contributed by atoms with Gasteiger partial charge in [0.25, 0.3) is 5.56 Å². The zero-order valence-electron chi connectivity index (χ0n) is 8.69. The highest BCUT2D eigenvalue weighted by Gasteiger charge is 2.11. The molecule has 0 spiro atoms. The summed E-state index contributed by atoms with van der Waals surface area (Å²) < 4.78 is 4.75. The maximum atomic E-state index is 11.3. The predicted octanol–water partition coefficient (Wildman–Crippen LogP) is -0.231. The van der Waals surface area contributed by atoms with E-state index in [0.29, 0.717) is 6.61 Å². The van der Waals surface area contributed by atoms with Crippen molar-refractivity contribution < 1.29 is 9.53 Å². The van der Waals surface area contributed by atoms with Gasteiger partial charge in [0, 0.05) is 19.4 Å². The molecule has 1 rings (SSSR count). The van der Waals surface area contributed by atoms with E-state index in [0.717, 1.165) is 0 Å². The van der Waals surface area contributed by atoms with Crippen LogP contribution in [-0.4, -0.2) is 36.1 Å². The summed E-state index contributed by atoms with van der Waals surface area (Å²) in [6.07, 6.45) is 2.89. The molecule has 6 heteroatoms. The van der Waals surface area contributed by atoms with E-state index < -0.39 is 0 Å². The van der Waals surface area contributed by atoms with Crippen molar-refractivity contribution in [3.8, 4) is 0 Å². The van der Waals surface area contributed by atoms with Crippen LogP contribution < -0.4 is 10.5 Å². The summed E-state index contributed by atoms with van der Waals surface area (Å²) in [4.78, 5) is 30.2. The Balaban J connectivity index is 2.69. The molecule has 0 saturated heterocycles. The Morgan fingerprint density at radius 1 is 1.67 bits per heavy atom. The molecule has 1 heterocycles. The third-order valence-corrected chi connectivity index (χ3v) is 1.72. The Bertz CT molecular complexity index is 388. The van der Waals surface area contributed by atoms with Gasteiger partial charge < -0.3 is 14.6 Å². The molecule has 6 nitrogen and oxygen atoms in total. The largest absolute Gasteiger partial charge is 0.465 e. The molecule has 0 aliphatic heterocycles. The molecule has 82 valence electrons. The van der Waals surface area contributed by atoms with Gasteiger partial charge in [0.2, 0.25) is 0 Å². The molecule has 0 amide bonds. The molecule has 0 aliphatic carbocycles. The molecule has 0 radical (unpaired) electrons. The van der Waals surface area contributed by atoms with Gasteiger partial charge in [-0.05, 0) is 6.92 Å². The number of nitrogens with zero attached hydrogens (tertiary/aromatic N) is 2. The Morgan fingerprint density at radius 2 is 2.40 bits per heavy atom. The standard InChI is InChI=1S/C9H13N3O3/c1-3-15-7(13)6-12(2)8-9(14)11-5-4-10-8/h4-5H,3,6H2,1-2H3,(H,11,14). The van der Waals surface area contributed by atoms with Crippen molar-refractivity contribution in [2.45, 2.75) is 6.92 Å². The van der Waals surface area contributed by atoms with E-state index in [9.17, 15) is 9.59 Å². The second-order valence-corrected chi connectivity index (χ2v) is 2.90. The Kier molecular flexibility index (Phi) is 3.84. The normalized spacial score (nSPS) is 9.73. The second kappa shape index (κ2) is 5.14. The first kappa shape index (κ1) is 11.2. The Hall–Kier alpha value is -1.85. The van der Waals surface area contributed by atoms with E-state index in [1.807, 2.05) is 0 Å². The number of esters is 1. The number of aromatic nitrogens is 2. The number of H-pyrrole nitrogens is 1. The minimum atomic E-state index is -0.384. The SMILES string of the molecule is CCOC(=O)CN(C)c1ncc[nH]c1=O. The lowest BCUT2D eigenvalue weighted by Crippen LogP contribution is -2.32. The van der Waals surface area contributed by atoms with Gasteiger partial charge in [-0.1, -0.05) is 0 Å². The number of carbonyl (C=O) groups is 1. The van der Waals surface area contributed by atoms with E-state index in [-0.39, 0.29) is 23.9 Å². The third kappa shape index (κ3) is 3.08. The van der Waals surface area contributed by atoms with E-state index in [2.05, 4.69) is 9.97 Å². The second-order valence-electron chi connectivity index (χ2n) is 2.90. The summed E-state index contributed by atoms with van der Waals surface area (Å²) in [6, 6.07) is 0. The quantitative estimate of drug-likeness (QED) is 0.696. The summed E-state index contributed by atoms with van der Waals surface area (Å²) in [5.41, 5.74) is -0.329. The number of anilines is 1. The van der Waals surface area contributed by atoms with Crippen LogP contribution in [0.15, 0.2) is 17.2 Å². The van der Waals surface area contributed by atoms with Crippen molar-refractivity contribution in [3.63, 3.8) is 0 Å². The first-order valence-electron chi connectivity index (χ1n) is 4.55. The maximum Gasteiger partial charge on any atom is 0.325 e. The van der Waals surface area contributed by atoms with Gasteiger partial charge >= 0.3 is 5.97 Å². The average molecular weight is 211 g/mol. The smallest absolute Gasteiger partial charge is 0.325 e. The highest BCUT2D eigenvalue weighted by molar-refractivity contribution is 5.74. The molecule has 0 unspecified atom stereocenters. The fourth-order valence-electron chi connectivity index (χ4n) is 1.09. The summed E-state index contributed by atoms with van der Waals surface area (Å²) in [6.45, 7) is 2.06. The molecule has 15 heavy (non-hydrogen) atoms. The Labute approximate surface area is 86.9 Å². The van der Waals surface area contributed by atoms with Crippen molar-refractivity contribution in [1.82, 2.24) is 9.97 Å². The fourth-order valence-corrected chi connectivity index (χ4v) is 1.09. The van der Waals surface area contributed by atoms with Gasteiger partial charge in [-0.25, -0.2) is 4.98 Å². The maximum absolute atomic E-state index is 11.3. The van der Waals surface area contributed by atoms with Crippen molar-refractivity contribution >= 4 is 11.8 Å². The number of hydrogen-bond donors (Lipinski definition) is 1. The van der Waals surface area contributed by atoms with Gasteiger partial charge in [-0.3, -0.25) is 9.59 Å². The molecule has 0 atom stereocenters. The van der Waals surface area contributed by atoms with Gasteiger partial charge in [-0.2, -0.15) is 0 Å². The van der Waals surface area contributed by atoms with E-state index >= 15 is 0 Å². The Morgan fingerprint density at radius 3 is 3.00 bits per heavy atom. The van der Waals surface area contributed by atoms with Crippen LogP contribution in [0.3, 0.4) is 0 Å². The van der Waals surface area contributed by atoms with Gasteiger partial charge in [0.1, 0.15) is 6.54 Å². The number of rotatable bonds is 4. The van der Waals surface area contributed by atoms with Crippen LogP contribution >= 0.6 is 0 Å². The molecule has 0 bridgehead atoms. The highest BCUT2D eigenvalue weighted by atomic mass is 16.5. The van der Waals surface area contributed by atoms with Crippen LogP contribution in [0, 0.1) is 0 Å². The van der Waals surface area contributed by atoms with Gasteiger partial charge in [0.05, 0.1) is 6.61 Å². The minimum Gasteiger partial charge on any atom is -0.465 e. The van der Waals surface area contributed by atoms with Crippen LogP contribution in [0.25, 0.3) is 0 Å². The molecule has 0 aromatic carbocycles. The van der Waals surface area contributed by atoms with E-state index in [4.69, 9.17) is 4.74 Å². The summed E-state index contributed by atoms with van der Waals surface area (Å²) >= 11 is 0. The monoisotopic (exact) mass is 211 g/mol. The number of ether oxygens (including phenoxy) is 1. The van der Waals surface area contributed by atoms with Crippen molar-refractivity contribution in [2.75, 3.05) is 25.1 Å². The zero-order chi connectivity index (χ0) is 11.3. The number of hydrogen-bond acceptors (Lipinski definition) is 5. The predicted molar refractivity (Wildman–Crippen MR) is 54.8 cm³/mol. The number of carbonyl (C=O) groups excluding carboxylic acids is 1. The molecule has 1 aromatic rings. The van der Waals surface area contributed by atoms with Gasteiger partial charge in [0.15, 0.2) is 5.82 Å². The molecular weight excluding hydrogens is 198 g/mol. The van der Waals surface area contributed by atoms with E-state index in [1.165, 1.54) is 17.3 Å². The summed E-state index contributed by atoms with van der Waals surface area (Å²) in [5, 5.41) is 0. The van der Waals surface area contributed by atoms with Crippen LogP contribution in [-0.2, 0) is 9.53 Å². The highest BCUT2D eigenvalue weighted by Crippen LogP contribution is 1.98. The molecule has 1 N–H and O–H groups in total. The number of nitrogens with one attached hydrogen (secondary N) is 1. The topological polar surface area (TPSA) is 75.3 Å². The van der Waals surface area contributed by atoms with Crippen molar-refractivity contribution in [2.24, 2.45) is 0 Å². The van der Waals surface area contributed by atoms with Crippen LogP contribution in [0.2, 0.25) is 0 Å². The number of aromatic amines is 1. The summed E-state index contributed by atoms with van der Waals surface area (Å²) in [5.74, 6) is -0.185. The summed E-state index contributed by atoms with van der Waals surface area (Å²) in [7, 11) is 1.61. The first-order valence-corrected chi connectivity index (χ1v) is 4.55. The molecule has 0 aliphatic rings. The van der Waals surface area contributed by atoms with Crippen LogP contribution in [0.4, 0.5) is 5.82 Å². The molecular formula is C9H13N3O3. The molecule has 1 aromatic heterocycles. The van der Waals surface area contributed by atoms with Crippen molar-refractivity contribution in [3.05, 3.63) is 22.7 Å². The van der Waals surface area contributed by atoms with Crippen LogP contribution in [0.1, 0.15) is 6.92 Å². The minimum absolute atomic E-state index is 0.00787. The molecule has 0 fully saturated rings. The molecule has 0 saturated carbocycles. The lowest BCUT2D eigenvalue weighted by molar-refractivity contribution is -0.141. The van der Waals surface area contributed by atoms with Crippen LogP contribution in [0.5, 0.6) is 0 Å². The lowest BCUT2D eigenvalue weighted by Gasteiger charge is -2.15.